The number of aryl methyl sites for hydroxylation is 1. The lowest BCUT2D eigenvalue weighted by Crippen LogP contribution is -2.28. The highest BCUT2D eigenvalue weighted by atomic mass is 15.1. The molecule has 1 aliphatic heterocycles. The first-order chi connectivity index (χ1) is 6.40. The van der Waals surface area contributed by atoms with Gasteiger partial charge in [-0.2, -0.15) is 5.10 Å². The van der Waals surface area contributed by atoms with E-state index in [1.165, 1.54) is 30.8 Å². The van der Waals surface area contributed by atoms with Crippen molar-refractivity contribution in [2.24, 2.45) is 0 Å². The molecule has 1 aliphatic rings. The Morgan fingerprint density at radius 3 is 3.15 bits per heavy atom. The molecule has 2 N–H and O–H groups in total. The molecule has 0 amide bonds. The van der Waals surface area contributed by atoms with Gasteiger partial charge in [0.25, 0.3) is 0 Å². The van der Waals surface area contributed by atoms with Crippen LogP contribution in [0.5, 0.6) is 0 Å². The van der Waals surface area contributed by atoms with Gasteiger partial charge in [-0.15, -0.1) is 0 Å². The van der Waals surface area contributed by atoms with Crippen LogP contribution in [0.1, 0.15) is 37.1 Å². The second-order valence-corrected chi connectivity index (χ2v) is 3.71. The Labute approximate surface area is 78.9 Å². The van der Waals surface area contributed by atoms with Gasteiger partial charge in [0, 0.05) is 18.2 Å². The molecule has 1 unspecified atom stereocenters. The Morgan fingerprint density at radius 2 is 2.54 bits per heavy atom. The minimum Gasteiger partial charge on any atom is -0.316 e. The number of nitrogens with zero attached hydrogens (tertiary/aromatic N) is 1. The van der Waals surface area contributed by atoms with Gasteiger partial charge in [-0.3, -0.25) is 5.10 Å². The SMILES string of the molecule is CCc1cc(C2CCCNC2)n[nH]1. The zero-order valence-electron chi connectivity index (χ0n) is 8.14. The number of H-pyrrole nitrogens is 1. The number of aromatic amines is 1. The summed E-state index contributed by atoms with van der Waals surface area (Å²) < 4.78 is 0. The van der Waals surface area contributed by atoms with Gasteiger partial charge in [-0.1, -0.05) is 6.92 Å². The van der Waals surface area contributed by atoms with Crippen LogP contribution in [0.4, 0.5) is 0 Å². The van der Waals surface area contributed by atoms with Crippen LogP contribution in [0, 0.1) is 0 Å². The number of rotatable bonds is 2. The lowest BCUT2D eigenvalue weighted by atomic mass is 9.96. The Morgan fingerprint density at radius 1 is 1.62 bits per heavy atom. The number of piperidine rings is 1. The lowest BCUT2D eigenvalue weighted by Gasteiger charge is -2.20. The summed E-state index contributed by atoms with van der Waals surface area (Å²) in [5, 5.41) is 10.8. The molecule has 2 rings (SSSR count). The molecule has 0 saturated carbocycles. The third-order valence-corrected chi connectivity index (χ3v) is 2.75. The van der Waals surface area contributed by atoms with E-state index in [9.17, 15) is 0 Å². The monoisotopic (exact) mass is 179 g/mol. The van der Waals surface area contributed by atoms with Gasteiger partial charge in [0.2, 0.25) is 0 Å². The summed E-state index contributed by atoms with van der Waals surface area (Å²) in [5.74, 6) is 0.630. The van der Waals surface area contributed by atoms with Crippen LogP contribution < -0.4 is 5.32 Å². The molecule has 1 fully saturated rings. The summed E-state index contributed by atoms with van der Waals surface area (Å²) in [6.07, 6.45) is 3.60. The standard InChI is InChI=1S/C10H17N3/c1-2-9-6-10(13-12-9)8-4-3-5-11-7-8/h6,8,11H,2-5,7H2,1H3,(H,12,13). The number of nitrogens with one attached hydrogen (secondary N) is 2. The van der Waals surface area contributed by atoms with Crippen molar-refractivity contribution >= 4 is 0 Å². The van der Waals surface area contributed by atoms with E-state index in [1.807, 2.05) is 0 Å². The molecule has 72 valence electrons. The molecule has 1 atom stereocenters. The summed E-state index contributed by atoms with van der Waals surface area (Å²) in [4.78, 5) is 0. The molecule has 1 saturated heterocycles. The smallest absolute Gasteiger partial charge is 0.0668 e. The first kappa shape index (κ1) is 8.75. The summed E-state index contributed by atoms with van der Waals surface area (Å²) in [5.41, 5.74) is 2.49. The minimum absolute atomic E-state index is 0.630. The van der Waals surface area contributed by atoms with Crippen LogP contribution in [-0.2, 0) is 6.42 Å². The van der Waals surface area contributed by atoms with Gasteiger partial charge in [0.15, 0.2) is 0 Å². The second kappa shape index (κ2) is 3.92. The molecule has 1 aromatic heterocycles. The van der Waals surface area contributed by atoms with Crippen molar-refractivity contribution in [2.45, 2.75) is 32.1 Å². The molecule has 3 nitrogen and oxygen atoms in total. The predicted molar refractivity (Wildman–Crippen MR) is 52.8 cm³/mol. The van der Waals surface area contributed by atoms with Crippen LogP contribution in [0.25, 0.3) is 0 Å². The molecule has 0 radical (unpaired) electrons. The minimum atomic E-state index is 0.630. The quantitative estimate of drug-likeness (QED) is 0.721. The van der Waals surface area contributed by atoms with E-state index in [4.69, 9.17) is 0 Å². The number of aromatic nitrogens is 2. The van der Waals surface area contributed by atoms with Crippen molar-refractivity contribution in [3.63, 3.8) is 0 Å². The maximum Gasteiger partial charge on any atom is 0.0668 e. The van der Waals surface area contributed by atoms with E-state index in [0.717, 1.165) is 13.0 Å². The fraction of sp³-hybridized carbons (Fsp3) is 0.700. The van der Waals surface area contributed by atoms with Crippen molar-refractivity contribution in [1.82, 2.24) is 15.5 Å². The topological polar surface area (TPSA) is 40.7 Å². The van der Waals surface area contributed by atoms with Crippen molar-refractivity contribution < 1.29 is 0 Å². The fourth-order valence-corrected chi connectivity index (χ4v) is 1.87. The highest BCUT2D eigenvalue weighted by Crippen LogP contribution is 2.21. The zero-order chi connectivity index (χ0) is 9.10. The lowest BCUT2D eigenvalue weighted by molar-refractivity contribution is 0.454. The van der Waals surface area contributed by atoms with E-state index in [-0.39, 0.29) is 0 Å². The van der Waals surface area contributed by atoms with Crippen molar-refractivity contribution in [1.29, 1.82) is 0 Å². The molecular formula is C10H17N3. The van der Waals surface area contributed by atoms with Gasteiger partial charge in [0.1, 0.15) is 0 Å². The van der Waals surface area contributed by atoms with Crippen LogP contribution in [0.15, 0.2) is 6.07 Å². The average molecular weight is 179 g/mol. The second-order valence-electron chi connectivity index (χ2n) is 3.71. The molecule has 2 heterocycles. The first-order valence-electron chi connectivity index (χ1n) is 5.15. The predicted octanol–water partition coefficient (Wildman–Crippen LogP) is 1.44. The van der Waals surface area contributed by atoms with E-state index in [1.54, 1.807) is 0 Å². The van der Waals surface area contributed by atoms with E-state index in [0.29, 0.717) is 5.92 Å². The molecule has 3 heteroatoms. The molecule has 0 aromatic carbocycles. The van der Waals surface area contributed by atoms with Gasteiger partial charge in [-0.05, 0) is 31.9 Å². The summed E-state index contributed by atoms with van der Waals surface area (Å²) in [6, 6.07) is 2.21. The van der Waals surface area contributed by atoms with Crippen LogP contribution >= 0.6 is 0 Å². The van der Waals surface area contributed by atoms with Crippen LogP contribution in [0.2, 0.25) is 0 Å². The number of hydrogen-bond acceptors (Lipinski definition) is 2. The van der Waals surface area contributed by atoms with Gasteiger partial charge in [-0.25, -0.2) is 0 Å². The molecule has 0 bridgehead atoms. The Bertz CT molecular complexity index is 261. The van der Waals surface area contributed by atoms with Crippen molar-refractivity contribution in [3.8, 4) is 0 Å². The average Bonchev–Trinajstić information content (AvgIpc) is 2.67. The Balaban J connectivity index is 2.05. The highest BCUT2D eigenvalue weighted by molar-refractivity contribution is 5.14. The molecular weight excluding hydrogens is 162 g/mol. The first-order valence-corrected chi connectivity index (χ1v) is 5.15. The summed E-state index contributed by atoms with van der Waals surface area (Å²) >= 11 is 0. The largest absolute Gasteiger partial charge is 0.316 e. The zero-order valence-corrected chi connectivity index (χ0v) is 8.14. The van der Waals surface area contributed by atoms with Crippen molar-refractivity contribution in [2.75, 3.05) is 13.1 Å². The van der Waals surface area contributed by atoms with Gasteiger partial charge in [0.05, 0.1) is 5.69 Å². The fourth-order valence-electron chi connectivity index (χ4n) is 1.87. The van der Waals surface area contributed by atoms with E-state index >= 15 is 0 Å². The van der Waals surface area contributed by atoms with Crippen LogP contribution in [-0.4, -0.2) is 23.3 Å². The normalized spacial score (nSPS) is 23.3. The van der Waals surface area contributed by atoms with E-state index in [2.05, 4.69) is 28.5 Å². The van der Waals surface area contributed by atoms with Crippen molar-refractivity contribution in [3.05, 3.63) is 17.5 Å². The molecule has 0 spiro atoms. The van der Waals surface area contributed by atoms with Gasteiger partial charge < -0.3 is 5.32 Å². The maximum atomic E-state index is 4.35. The van der Waals surface area contributed by atoms with E-state index < -0.39 is 0 Å². The molecule has 1 aromatic rings. The third-order valence-electron chi connectivity index (χ3n) is 2.75. The molecule has 13 heavy (non-hydrogen) atoms. The third kappa shape index (κ3) is 1.91. The van der Waals surface area contributed by atoms with Gasteiger partial charge >= 0.3 is 0 Å². The Kier molecular flexibility index (Phi) is 2.64. The Hall–Kier alpha value is -0.830. The van der Waals surface area contributed by atoms with Crippen LogP contribution in [0.3, 0.4) is 0 Å². The highest BCUT2D eigenvalue weighted by Gasteiger charge is 2.17. The summed E-state index contributed by atoms with van der Waals surface area (Å²) in [6.45, 7) is 4.41. The summed E-state index contributed by atoms with van der Waals surface area (Å²) in [7, 11) is 0. The number of hydrogen-bond donors (Lipinski definition) is 2. The molecule has 0 aliphatic carbocycles. The maximum absolute atomic E-state index is 4.35.